The molecule has 3 heterocycles. The van der Waals surface area contributed by atoms with Gasteiger partial charge in [-0.3, -0.25) is 4.79 Å². The Morgan fingerprint density at radius 1 is 1.35 bits per heavy atom. The first-order chi connectivity index (χ1) is 11.2. The Balaban J connectivity index is 1.52. The van der Waals surface area contributed by atoms with E-state index in [9.17, 15) is 4.79 Å². The molecule has 1 fully saturated rings. The molecule has 1 atom stereocenters. The largest absolute Gasteiger partial charge is 0.480 e. The number of carbonyl (C=O) groups excluding carboxylic acids is 1. The summed E-state index contributed by atoms with van der Waals surface area (Å²) in [5.74, 6) is 1.45. The number of nitrogens with zero attached hydrogens (tertiary/aromatic N) is 3. The topological polar surface area (TPSA) is 77.7 Å². The quantitative estimate of drug-likeness (QED) is 0.783. The Bertz CT molecular complexity index is 667. The zero-order chi connectivity index (χ0) is 16.1. The lowest BCUT2D eigenvalue weighted by Crippen LogP contribution is -2.29. The van der Waals surface area contributed by atoms with E-state index in [2.05, 4.69) is 10.2 Å². The molecule has 0 spiro atoms. The van der Waals surface area contributed by atoms with Gasteiger partial charge in [0.15, 0.2) is 0 Å². The zero-order valence-corrected chi connectivity index (χ0v) is 12.7. The van der Waals surface area contributed by atoms with E-state index in [-0.39, 0.29) is 12.0 Å². The summed E-state index contributed by atoms with van der Waals surface area (Å²) in [5, 5.41) is 7.78. The molecule has 7 heteroatoms. The summed E-state index contributed by atoms with van der Waals surface area (Å²) in [6.07, 6.45) is 5.41. The van der Waals surface area contributed by atoms with Crippen molar-refractivity contribution in [1.82, 2.24) is 15.1 Å². The van der Waals surface area contributed by atoms with Crippen LogP contribution in [0.5, 0.6) is 11.8 Å². The van der Waals surface area contributed by atoms with Gasteiger partial charge >= 0.3 is 0 Å². The second kappa shape index (κ2) is 6.95. The molecule has 2 aromatic heterocycles. The number of rotatable bonds is 5. The van der Waals surface area contributed by atoms with Crippen LogP contribution in [0, 0.1) is 0 Å². The first-order valence-electron chi connectivity index (χ1n) is 7.29. The van der Waals surface area contributed by atoms with Crippen molar-refractivity contribution in [3.05, 3.63) is 42.4 Å². The number of likely N-dealkylation sites (tertiary alicyclic amines) is 1. The Labute approximate surface area is 133 Å². The molecule has 2 aromatic rings. The zero-order valence-electron chi connectivity index (χ0n) is 12.7. The Morgan fingerprint density at radius 3 is 2.87 bits per heavy atom. The van der Waals surface area contributed by atoms with Crippen molar-refractivity contribution in [2.24, 2.45) is 0 Å². The van der Waals surface area contributed by atoms with E-state index in [0.29, 0.717) is 30.6 Å². The highest BCUT2D eigenvalue weighted by Gasteiger charge is 2.26. The van der Waals surface area contributed by atoms with E-state index in [4.69, 9.17) is 13.9 Å². The number of methoxy groups -OCH3 is 1. The summed E-state index contributed by atoms with van der Waals surface area (Å²) in [6.45, 7) is 1.17. The third-order valence-electron chi connectivity index (χ3n) is 3.50. The van der Waals surface area contributed by atoms with Gasteiger partial charge in [0.1, 0.15) is 11.9 Å². The molecule has 1 saturated heterocycles. The molecule has 0 aromatic carbocycles. The summed E-state index contributed by atoms with van der Waals surface area (Å²) >= 11 is 0. The third-order valence-corrected chi connectivity index (χ3v) is 3.50. The van der Waals surface area contributed by atoms with Crippen LogP contribution in [0.3, 0.4) is 0 Å². The van der Waals surface area contributed by atoms with E-state index in [0.717, 1.165) is 6.42 Å². The van der Waals surface area contributed by atoms with Gasteiger partial charge < -0.3 is 18.8 Å². The van der Waals surface area contributed by atoms with Gasteiger partial charge in [0.05, 0.1) is 19.9 Å². The minimum absolute atomic E-state index is 0.0617. The highest BCUT2D eigenvalue weighted by atomic mass is 16.5. The monoisotopic (exact) mass is 315 g/mol. The smallest absolute Gasteiger partial charge is 0.246 e. The van der Waals surface area contributed by atoms with Gasteiger partial charge in [-0.05, 0) is 18.2 Å². The normalized spacial score (nSPS) is 17.6. The molecule has 1 aliphatic rings. The molecule has 0 bridgehead atoms. The fourth-order valence-corrected chi connectivity index (χ4v) is 2.32. The van der Waals surface area contributed by atoms with Crippen LogP contribution in [0.2, 0.25) is 0 Å². The second-order valence-electron chi connectivity index (χ2n) is 5.08. The van der Waals surface area contributed by atoms with E-state index >= 15 is 0 Å². The highest BCUT2D eigenvalue weighted by molar-refractivity contribution is 5.91. The number of hydrogen-bond donors (Lipinski definition) is 0. The summed E-state index contributed by atoms with van der Waals surface area (Å²) in [6, 6.07) is 6.96. The average molecular weight is 315 g/mol. The molecule has 1 amide bonds. The van der Waals surface area contributed by atoms with Crippen LogP contribution in [-0.4, -0.2) is 47.3 Å². The molecule has 0 unspecified atom stereocenters. The summed E-state index contributed by atoms with van der Waals surface area (Å²) in [4.78, 5) is 13.9. The predicted octanol–water partition coefficient (Wildman–Crippen LogP) is 1.77. The van der Waals surface area contributed by atoms with Gasteiger partial charge in [-0.15, -0.1) is 10.2 Å². The van der Waals surface area contributed by atoms with Crippen molar-refractivity contribution in [3.63, 3.8) is 0 Å². The van der Waals surface area contributed by atoms with Gasteiger partial charge in [-0.25, -0.2) is 0 Å². The maximum Gasteiger partial charge on any atom is 0.246 e. The van der Waals surface area contributed by atoms with Crippen molar-refractivity contribution >= 4 is 12.0 Å². The predicted molar refractivity (Wildman–Crippen MR) is 81.9 cm³/mol. The standard InChI is InChI=1S/C16H17N3O4/c1-21-14-5-6-15(18-17-14)23-13-8-9-19(11-13)16(20)7-4-12-3-2-10-22-12/h2-7,10,13H,8-9,11H2,1H3/b7-4+/t13-/m0/s1. The number of ether oxygens (including phenoxy) is 2. The van der Waals surface area contributed by atoms with Crippen LogP contribution in [-0.2, 0) is 4.79 Å². The van der Waals surface area contributed by atoms with Gasteiger partial charge in [0.2, 0.25) is 17.7 Å². The van der Waals surface area contributed by atoms with Gasteiger partial charge in [-0.2, -0.15) is 0 Å². The fourth-order valence-electron chi connectivity index (χ4n) is 2.32. The molecule has 0 radical (unpaired) electrons. The SMILES string of the molecule is COc1ccc(O[C@H]2CCN(C(=O)/C=C/c3ccco3)C2)nn1. The molecule has 7 nitrogen and oxygen atoms in total. The van der Waals surface area contributed by atoms with Crippen molar-refractivity contribution in [3.8, 4) is 11.8 Å². The maximum atomic E-state index is 12.1. The summed E-state index contributed by atoms with van der Waals surface area (Å²) in [7, 11) is 1.53. The number of aromatic nitrogens is 2. The third kappa shape index (κ3) is 3.88. The molecule has 0 N–H and O–H groups in total. The minimum Gasteiger partial charge on any atom is -0.480 e. The van der Waals surface area contributed by atoms with Crippen LogP contribution in [0.25, 0.3) is 6.08 Å². The van der Waals surface area contributed by atoms with Gasteiger partial charge in [0, 0.05) is 31.2 Å². The van der Waals surface area contributed by atoms with Gasteiger partial charge in [-0.1, -0.05) is 0 Å². The van der Waals surface area contributed by atoms with Crippen molar-refractivity contribution in [2.45, 2.75) is 12.5 Å². The second-order valence-corrected chi connectivity index (χ2v) is 5.08. The first kappa shape index (κ1) is 15.1. The van der Waals surface area contributed by atoms with E-state index in [1.54, 1.807) is 41.5 Å². The van der Waals surface area contributed by atoms with Crippen LogP contribution < -0.4 is 9.47 Å². The molecule has 1 aliphatic heterocycles. The van der Waals surface area contributed by atoms with E-state index < -0.39 is 0 Å². The lowest BCUT2D eigenvalue weighted by molar-refractivity contribution is -0.125. The Kier molecular flexibility index (Phi) is 4.56. The lowest BCUT2D eigenvalue weighted by atomic mass is 10.3. The molecule has 120 valence electrons. The summed E-state index contributed by atoms with van der Waals surface area (Å²) in [5.41, 5.74) is 0. The number of furan rings is 1. The van der Waals surface area contributed by atoms with E-state index in [1.807, 2.05) is 0 Å². The minimum atomic E-state index is -0.0846. The Morgan fingerprint density at radius 2 is 2.17 bits per heavy atom. The molecule has 0 aliphatic carbocycles. The highest BCUT2D eigenvalue weighted by Crippen LogP contribution is 2.18. The van der Waals surface area contributed by atoms with Gasteiger partial charge in [0.25, 0.3) is 0 Å². The molecule has 3 rings (SSSR count). The molecule has 0 saturated carbocycles. The van der Waals surface area contributed by atoms with Crippen LogP contribution in [0.4, 0.5) is 0 Å². The number of hydrogen-bond acceptors (Lipinski definition) is 6. The molecular formula is C16H17N3O4. The molecule has 23 heavy (non-hydrogen) atoms. The maximum absolute atomic E-state index is 12.1. The first-order valence-corrected chi connectivity index (χ1v) is 7.29. The number of amides is 1. The summed E-state index contributed by atoms with van der Waals surface area (Å²) < 4.78 is 15.8. The average Bonchev–Trinajstić information content (AvgIpc) is 3.25. The van der Waals surface area contributed by atoms with E-state index in [1.165, 1.54) is 13.2 Å². The van der Waals surface area contributed by atoms with Crippen molar-refractivity contribution in [1.29, 1.82) is 0 Å². The molecular weight excluding hydrogens is 298 g/mol. The van der Waals surface area contributed by atoms with Crippen LogP contribution >= 0.6 is 0 Å². The fraction of sp³-hybridized carbons (Fsp3) is 0.312. The van der Waals surface area contributed by atoms with Crippen molar-refractivity contribution in [2.75, 3.05) is 20.2 Å². The Hall–Kier alpha value is -2.83. The van der Waals surface area contributed by atoms with Crippen molar-refractivity contribution < 1.29 is 18.7 Å². The van der Waals surface area contributed by atoms with Crippen LogP contribution in [0.15, 0.2) is 41.0 Å². The number of carbonyl (C=O) groups is 1. The lowest BCUT2D eigenvalue weighted by Gasteiger charge is -2.15. The van der Waals surface area contributed by atoms with Crippen LogP contribution in [0.1, 0.15) is 12.2 Å².